The van der Waals surface area contributed by atoms with Gasteiger partial charge in [0.15, 0.2) is 0 Å². The first-order chi connectivity index (χ1) is 14.5. The van der Waals surface area contributed by atoms with Gasteiger partial charge in [0.05, 0.1) is 31.0 Å². The number of hydrogen-bond donors (Lipinski definition) is 1. The van der Waals surface area contributed by atoms with Gasteiger partial charge in [-0.15, -0.1) is 0 Å². The van der Waals surface area contributed by atoms with Crippen molar-refractivity contribution in [2.45, 2.75) is 25.5 Å². The Balaban J connectivity index is 1.81. The van der Waals surface area contributed by atoms with Crippen LogP contribution in [0.3, 0.4) is 0 Å². The average Bonchev–Trinajstić information content (AvgIpc) is 3.27. The van der Waals surface area contributed by atoms with E-state index in [1.165, 1.54) is 26.4 Å². The number of amides is 2. The maximum atomic E-state index is 13.1. The van der Waals surface area contributed by atoms with E-state index in [2.05, 4.69) is 5.32 Å². The molecular formula is C22H25ClN2O5. The molecule has 7 nitrogen and oxygen atoms in total. The number of halogens is 1. The fourth-order valence-corrected chi connectivity index (χ4v) is 3.55. The molecule has 1 N–H and O–H groups in total. The van der Waals surface area contributed by atoms with Crippen molar-refractivity contribution < 1.29 is 23.8 Å². The van der Waals surface area contributed by atoms with E-state index in [1.54, 1.807) is 4.90 Å². The molecule has 160 valence electrons. The van der Waals surface area contributed by atoms with Gasteiger partial charge in [-0.25, -0.2) is 9.59 Å². The smallest absolute Gasteiger partial charge is 0.341 e. The van der Waals surface area contributed by atoms with E-state index in [9.17, 15) is 9.59 Å². The largest absolute Gasteiger partial charge is 0.496 e. The molecule has 0 radical (unpaired) electrons. The Bertz CT molecular complexity index is 885. The summed E-state index contributed by atoms with van der Waals surface area (Å²) >= 11 is 6.32. The minimum Gasteiger partial charge on any atom is -0.496 e. The fourth-order valence-electron chi connectivity index (χ4n) is 3.34. The van der Waals surface area contributed by atoms with Crippen LogP contribution < -0.4 is 10.1 Å². The molecule has 1 atom stereocenters. The summed E-state index contributed by atoms with van der Waals surface area (Å²) in [5.41, 5.74) is 1.54. The third-order valence-corrected chi connectivity index (χ3v) is 5.20. The summed E-state index contributed by atoms with van der Waals surface area (Å²) in [5, 5.41) is 3.04. The van der Waals surface area contributed by atoms with Gasteiger partial charge >= 0.3 is 12.0 Å². The standard InChI is InChI=1S/C22H25ClN2O5/c1-28-20-12-19(18(23)11-17(20)21(26)29-2)24-22(27)25(14-16-9-6-10-30-16)13-15-7-4-3-5-8-15/h3-5,7-8,11-12,16H,6,9-10,13-14H2,1-2H3,(H,24,27)/t16-/m1/s1. The second-order valence-electron chi connectivity index (χ2n) is 6.96. The van der Waals surface area contributed by atoms with Crippen LogP contribution in [-0.2, 0) is 16.0 Å². The summed E-state index contributed by atoms with van der Waals surface area (Å²) in [6.07, 6.45) is 1.91. The zero-order valence-corrected chi connectivity index (χ0v) is 17.8. The first kappa shape index (κ1) is 21.9. The first-order valence-electron chi connectivity index (χ1n) is 9.69. The van der Waals surface area contributed by atoms with Crippen molar-refractivity contribution in [3.05, 3.63) is 58.6 Å². The molecule has 0 aromatic heterocycles. The molecule has 1 saturated heterocycles. The summed E-state index contributed by atoms with van der Waals surface area (Å²) < 4.78 is 15.7. The number of nitrogens with zero attached hydrogens (tertiary/aromatic N) is 1. The van der Waals surface area contributed by atoms with E-state index in [0.717, 1.165) is 18.4 Å². The highest BCUT2D eigenvalue weighted by Crippen LogP contribution is 2.32. The molecule has 1 heterocycles. The van der Waals surface area contributed by atoms with Gasteiger partial charge in [-0.05, 0) is 24.5 Å². The molecule has 1 aliphatic rings. The third-order valence-electron chi connectivity index (χ3n) is 4.89. The van der Waals surface area contributed by atoms with Gasteiger partial charge in [0.2, 0.25) is 0 Å². The van der Waals surface area contributed by atoms with Crippen molar-refractivity contribution >= 4 is 29.3 Å². The lowest BCUT2D eigenvalue weighted by Crippen LogP contribution is -2.39. The monoisotopic (exact) mass is 432 g/mol. The maximum Gasteiger partial charge on any atom is 0.341 e. The molecule has 2 aromatic carbocycles. The van der Waals surface area contributed by atoms with Gasteiger partial charge in [0, 0.05) is 25.8 Å². The van der Waals surface area contributed by atoms with Crippen molar-refractivity contribution in [2.75, 3.05) is 32.7 Å². The highest BCUT2D eigenvalue weighted by Gasteiger charge is 2.24. The first-order valence-corrected chi connectivity index (χ1v) is 10.1. The summed E-state index contributed by atoms with van der Waals surface area (Å²) in [7, 11) is 2.71. The SMILES string of the molecule is COC(=O)c1cc(Cl)c(NC(=O)N(Cc2ccccc2)C[C@H]2CCCO2)cc1OC. The number of urea groups is 1. The van der Waals surface area contributed by atoms with Gasteiger partial charge in [-0.3, -0.25) is 0 Å². The van der Waals surface area contributed by atoms with Crippen molar-refractivity contribution in [3.63, 3.8) is 0 Å². The fraction of sp³-hybridized carbons (Fsp3) is 0.364. The zero-order chi connectivity index (χ0) is 21.5. The van der Waals surface area contributed by atoms with Gasteiger partial charge in [-0.1, -0.05) is 41.9 Å². The van der Waals surface area contributed by atoms with E-state index in [4.69, 9.17) is 25.8 Å². The lowest BCUT2D eigenvalue weighted by atomic mass is 10.1. The Morgan fingerprint density at radius 1 is 1.23 bits per heavy atom. The number of nitrogens with one attached hydrogen (secondary N) is 1. The van der Waals surface area contributed by atoms with Crippen LogP contribution >= 0.6 is 11.6 Å². The number of hydrogen-bond acceptors (Lipinski definition) is 5. The number of carbonyl (C=O) groups excluding carboxylic acids is 2. The second-order valence-corrected chi connectivity index (χ2v) is 7.36. The van der Waals surface area contributed by atoms with Crippen molar-refractivity contribution in [3.8, 4) is 5.75 Å². The quantitative estimate of drug-likeness (QED) is 0.658. The van der Waals surface area contributed by atoms with Gasteiger partial charge in [0.1, 0.15) is 11.3 Å². The molecule has 0 aliphatic carbocycles. The third kappa shape index (κ3) is 5.43. The second kappa shape index (κ2) is 10.3. The lowest BCUT2D eigenvalue weighted by Gasteiger charge is -2.26. The van der Waals surface area contributed by atoms with Crippen LogP contribution in [-0.4, -0.2) is 50.4 Å². The molecular weight excluding hydrogens is 408 g/mol. The predicted octanol–water partition coefficient (Wildman–Crippen LogP) is 4.35. The number of anilines is 1. The summed E-state index contributed by atoms with van der Waals surface area (Å²) in [5.74, 6) is -0.314. The molecule has 30 heavy (non-hydrogen) atoms. The molecule has 1 fully saturated rings. The number of esters is 1. The lowest BCUT2D eigenvalue weighted by molar-refractivity contribution is 0.0597. The molecule has 0 bridgehead atoms. The van der Waals surface area contributed by atoms with Crippen LogP contribution in [0.1, 0.15) is 28.8 Å². The number of methoxy groups -OCH3 is 2. The van der Waals surface area contributed by atoms with Crippen molar-refractivity contribution in [2.24, 2.45) is 0 Å². The average molecular weight is 433 g/mol. The van der Waals surface area contributed by atoms with Crippen LogP contribution in [0.4, 0.5) is 10.5 Å². The van der Waals surface area contributed by atoms with Crippen molar-refractivity contribution in [1.29, 1.82) is 0 Å². The topological polar surface area (TPSA) is 77.1 Å². The van der Waals surface area contributed by atoms with Crippen molar-refractivity contribution in [1.82, 2.24) is 4.90 Å². The number of ether oxygens (including phenoxy) is 3. The van der Waals surface area contributed by atoms with Crippen LogP contribution in [0, 0.1) is 0 Å². The van der Waals surface area contributed by atoms with E-state index in [0.29, 0.717) is 25.4 Å². The summed E-state index contributed by atoms with van der Waals surface area (Å²) in [6.45, 7) is 1.61. The highest BCUT2D eigenvalue weighted by atomic mass is 35.5. The molecule has 2 aromatic rings. The molecule has 1 aliphatic heterocycles. The summed E-state index contributed by atoms with van der Waals surface area (Å²) in [6, 6.07) is 12.4. The molecule has 0 unspecified atom stereocenters. The Hall–Kier alpha value is -2.77. The Morgan fingerprint density at radius 2 is 2.00 bits per heavy atom. The number of rotatable bonds is 7. The molecule has 0 saturated carbocycles. The van der Waals surface area contributed by atoms with Crippen LogP contribution in [0.25, 0.3) is 0 Å². The van der Waals surface area contributed by atoms with E-state index >= 15 is 0 Å². The van der Waals surface area contributed by atoms with E-state index < -0.39 is 5.97 Å². The van der Waals surface area contributed by atoms with Gasteiger partial charge < -0.3 is 24.4 Å². The van der Waals surface area contributed by atoms with Crippen LogP contribution in [0.15, 0.2) is 42.5 Å². The molecule has 2 amide bonds. The predicted molar refractivity (Wildman–Crippen MR) is 114 cm³/mol. The Kier molecular flexibility index (Phi) is 7.54. The van der Waals surface area contributed by atoms with E-state index in [-0.39, 0.29) is 28.5 Å². The normalized spacial score (nSPS) is 15.5. The Labute approximate surface area is 180 Å². The molecule has 0 spiro atoms. The molecule has 8 heteroatoms. The minimum atomic E-state index is -0.573. The highest BCUT2D eigenvalue weighted by molar-refractivity contribution is 6.34. The number of carbonyl (C=O) groups is 2. The van der Waals surface area contributed by atoms with Gasteiger partial charge in [0.25, 0.3) is 0 Å². The Morgan fingerprint density at radius 3 is 2.63 bits per heavy atom. The summed E-state index contributed by atoms with van der Waals surface area (Å²) in [4.78, 5) is 26.7. The van der Waals surface area contributed by atoms with Crippen LogP contribution in [0.5, 0.6) is 5.75 Å². The molecule has 3 rings (SSSR count). The maximum absolute atomic E-state index is 13.1. The van der Waals surface area contributed by atoms with Crippen LogP contribution in [0.2, 0.25) is 5.02 Å². The zero-order valence-electron chi connectivity index (χ0n) is 17.0. The number of benzene rings is 2. The minimum absolute atomic E-state index is 0.00571. The van der Waals surface area contributed by atoms with E-state index in [1.807, 2.05) is 30.3 Å². The van der Waals surface area contributed by atoms with Gasteiger partial charge in [-0.2, -0.15) is 0 Å².